The van der Waals surface area contributed by atoms with E-state index >= 15 is 0 Å². The molecule has 0 radical (unpaired) electrons. The van der Waals surface area contributed by atoms with Gasteiger partial charge in [-0.25, -0.2) is 4.98 Å². The number of nitrogens with one attached hydrogen (secondary N) is 1. The van der Waals surface area contributed by atoms with Crippen LogP contribution in [0.1, 0.15) is 0 Å². The highest BCUT2D eigenvalue weighted by Crippen LogP contribution is 2.30. The van der Waals surface area contributed by atoms with Gasteiger partial charge in [-0.1, -0.05) is 36.4 Å². The minimum Gasteiger partial charge on any atom is -0.464 e. The summed E-state index contributed by atoms with van der Waals surface area (Å²) in [6.07, 6.45) is 1.63. The van der Waals surface area contributed by atoms with E-state index in [2.05, 4.69) is 9.97 Å². The van der Waals surface area contributed by atoms with Crippen LogP contribution in [0.15, 0.2) is 76.1 Å². The molecule has 0 aliphatic carbocycles. The lowest BCUT2D eigenvalue weighted by Gasteiger charge is -2.07. The highest BCUT2D eigenvalue weighted by Gasteiger charge is 2.12. The number of fused-ring (bicyclic) bond motifs is 1. The molecule has 0 amide bonds. The van der Waals surface area contributed by atoms with Crippen molar-refractivity contribution in [1.82, 2.24) is 9.97 Å². The first-order valence-electron chi connectivity index (χ1n) is 6.95. The third-order valence-corrected chi connectivity index (χ3v) is 3.58. The van der Waals surface area contributed by atoms with Crippen LogP contribution in [0, 0.1) is 0 Å². The van der Waals surface area contributed by atoms with E-state index in [0.717, 1.165) is 16.9 Å². The number of hydrogen-bond donors (Lipinski definition) is 1. The van der Waals surface area contributed by atoms with E-state index in [0.29, 0.717) is 16.7 Å². The molecule has 2 aromatic heterocycles. The largest absolute Gasteiger partial charge is 0.464 e. The zero-order valence-electron chi connectivity index (χ0n) is 11.6. The minimum atomic E-state index is -0.144. The Morgan fingerprint density at radius 2 is 1.64 bits per heavy atom. The first-order chi connectivity index (χ1) is 10.8. The Balaban J connectivity index is 1.99. The van der Waals surface area contributed by atoms with Gasteiger partial charge in [0.05, 0.1) is 17.2 Å². The van der Waals surface area contributed by atoms with Crippen LogP contribution in [0.25, 0.3) is 33.6 Å². The molecule has 2 heterocycles. The topological polar surface area (TPSA) is 58.9 Å². The normalized spacial score (nSPS) is 10.9. The molecule has 4 nitrogen and oxygen atoms in total. The fraction of sp³-hybridized carbons (Fsp3) is 0. The highest BCUT2D eigenvalue weighted by atomic mass is 16.3. The predicted octanol–water partition coefficient (Wildman–Crippen LogP) is 3.85. The Kier molecular flexibility index (Phi) is 2.86. The van der Waals surface area contributed by atoms with Gasteiger partial charge in [0.1, 0.15) is 11.6 Å². The van der Waals surface area contributed by atoms with E-state index in [1.807, 2.05) is 54.6 Å². The molecule has 0 saturated heterocycles. The first kappa shape index (κ1) is 12.6. The van der Waals surface area contributed by atoms with Crippen molar-refractivity contribution in [3.05, 3.63) is 77.3 Å². The van der Waals surface area contributed by atoms with E-state index < -0.39 is 0 Å². The third kappa shape index (κ3) is 2.02. The number of H-pyrrole nitrogens is 1. The van der Waals surface area contributed by atoms with Crippen molar-refractivity contribution in [2.75, 3.05) is 0 Å². The first-order valence-corrected chi connectivity index (χ1v) is 6.95. The SMILES string of the molecule is O=c1[nH]c(-c2ccccc2-c2ccco2)nc2ccccc12. The molecule has 0 spiro atoms. The molecule has 4 heteroatoms. The lowest BCUT2D eigenvalue weighted by molar-refractivity contribution is 0.582. The van der Waals surface area contributed by atoms with Gasteiger partial charge in [0, 0.05) is 11.1 Å². The van der Waals surface area contributed by atoms with Crippen LogP contribution in [0.3, 0.4) is 0 Å². The van der Waals surface area contributed by atoms with Crippen molar-refractivity contribution in [2.45, 2.75) is 0 Å². The van der Waals surface area contributed by atoms with Gasteiger partial charge in [0.25, 0.3) is 5.56 Å². The van der Waals surface area contributed by atoms with Crippen LogP contribution in [0.2, 0.25) is 0 Å². The van der Waals surface area contributed by atoms with Crippen molar-refractivity contribution in [2.24, 2.45) is 0 Å². The summed E-state index contributed by atoms with van der Waals surface area (Å²) in [6.45, 7) is 0. The number of furan rings is 1. The highest BCUT2D eigenvalue weighted by molar-refractivity contribution is 5.83. The average molecular weight is 288 g/mol. The molecule has 0 unspecified atom stereocenters. The average Bonchev–Trinajstić information content (AvgIpc) is 3.09. The molecule has 0 saturated carbocycles. The Morgan fingerprint density at radius 1 is 0.864 bits per heavy atom. The van der Waals surface area contributed by atoms with E-state index in [1.165, 1.54) is 0 Å². The van der Waals surface area contributed by atoms with Crippen LogP contribution in [-0.2, 0) is 0 Å². The second kappa shape index (κ2) is 5.00. The van der Waals surface area contributed by atoms with Gasteiger partial charge in [0.2, 0.25) is 0 Å². The van der Waals surface area contributed by atoms with Crippen molar-refractivity contribution in [1.29, 1.82) is 0 Å². The summed E-state index contributed by atoms with van der Waals surface area (Å²) in [5.74, 6) is 1.28. The Hall–Kier alpha value is -3.14. The quantitative estimate of drug-likeness (QED) is 0.609. The zero-order chi connectivity index (χ0) is 14.9. The smallest absolute Gasteiger partial charge is 0.259 e. The lowest BCUT2D eigenvalue weighted by Crippen LogP contribution is -2.09. The molecule has 22 heavy (non-hydrogen) atoms. The zero-order valence-corrected chi connectivity index (χ0v) is 11.6. The molecule has 4 aromatic rings. The van der Waals surface area contributed by atoms with E-state index in [4.69, 9.17) is 4.42 Å². The number of nitrogens with zero attached hydrogens (tertiary/aromatic N) is 1. The second-order valence-electron chi connectivity index (χ2n) is 4.95. The van der Waals surface area contributed by atoms with Crippen LogP contribution in [0.4, 0.5) is 0 Å². The van der Waals surface area contributed by atoms with Crippen molar-refractivity contribution in [3.8, 4) is 22.7 Å². The Morgan fingerprint density at radius 3 is 2.45 bits per heavy atom. The maximum Gasteiger partial charge on any atom is 0.259 e. The summed E-state index contributed by atoms with van der Waals surface area (Å²) in [5, 5.41) is 0.585. The van der Waals surface area contributed by atoms with Gasteiger partial charge in [-0.05, 0) is 24.3 Å². The minimum absolute atomic E-state index is 0.144. The van der Waals surface area contributed by atoms with Gasteiger partial charge in [0.15, 0.2) is 0 Å². The third-order valence-electron chi connectivity index (χ3n) is 3.58. The summed E-state index contributed by atoms with van der Waals surface area (Å²) in [4.78, 5) is 19.7. The Labute approximate surface area is 126 Å². The van der Waals surface area contributed by atoms with Gasteiger partial charge in [-0.2, -0.15) is 0 Å². The molecule has 0 aliphatic rings. The molecule has 4 rings (SSSR count). The van der Waals surface area contributed by atoms with Crippen LogP contribution in [-0.4, -0.2) is 9.97 Å². The number of aromatic nitrogens is 2. The molecule has 0 fully saturated rings. The molecular formula is C18H12N2O2. The summed E-state index contributed by atoms with van der Waals surface area (Å²) in [5.41, 5.74) is 2.26. The number of hydrogen-bond acceptors (Lipinski definition) is 3. The van der Waals surface area contributed by atoms with Gasteiger partial charge in [-0.3, -0.25) is 4.79 Å². The molecule has 106 valence electrons. The number of aromatic amines is 1. The summed E-state index contributed by atoms with van der Waals surface area (Å²) < 4.78 is 5.48. The van der Waals surface area contributed by atoms with Crippen molar-refractivity contribution >= 4 is 10.9 Å². The maximum atomic E-state index is 12.3. The van der Waals surface area contributed by atoms with E-state index in [9.17, 15) is 4.79 Å². The molecule has 0 atom stereocenters. The van der Waals surface area contributed by atoms with Gasteiger partial charge < -0.3 is 9.40 Å². The second-order valence-corrected chi connectivity index (χ2v) is 4.95. The maximum absolute atomic E-state index is 12.3. The number of rotatable bonds is 2. The van der Waals surface area contributed by atoms with Crippen LogP contribution in [0.5, 0.6) is 0 Å². The fourth-order valence-electron chi connectivity index (χ4n) is 2.55. The van der Waals surface area contributed by atoms with E-state index in [1.54, 1.807) is 12.3 Å². The monoisotopic (exact) mass is 288 g/mol. The number of para-hydroxylation sites is 1. The lowest BCUT2D eigenvalue weighted by atomic mass is 10.0. The molecular weight excluding hydrogens is 276 g/mol. The Bertz CT molecular complexity index is 1000. The van der Waals surface area contributed by atoms with Crippen molar-refractivity contribution < 1.29 is 4.42 Å². The fourth-order valence-corrected chi connectivity index (χ4v) is 2.55. The molecule has 2 aromatic carbocycles. The molecule has 0 bridgehead atoms. The molecule has 1 N–H and O–H groups in total. The molecule has 0 aliphatic heterocycles. The van der Waals surface area contributed by atoms with Crippen LogP contribution < -0.4 is 5.56 Å². The van der Waals surface area contributed by atoms with Gasteiger partial charge in [-0.15, -0.1) is 0 Å². The summed E-state index contributed by atoms with van der Waals surface area (Å²) >= 11 is 0. The number of benzene rings is 2. The van der Waals surface area contributed by atoms with Gasteiger partial charge >= 0.3 is 0 Å². The summed E-state index contributed by atoms with van der Waals surface area (Å²) in [6, 6.07) is 18.7. The van der Waals surface area contributed by atoms with E-state index in [-0.39, 0.29) is 5.56 Å². The standard InChI is InChI=1S/C18H12N2O2/c21-18-14-8-3-4-9-15(14)19-17(20-18)13-7-2-1-6-12(13)16-10-5-11-22-16/h1-11H,(H,19,20,21). The van der Waals surface area contributed by atoms with Crippen molar-refractivity contribution in [3.63, 3.8) is 0 Å². The van der Waals surface area contributed by atoms with Crippen LogP contribution >= 0.6 is 0 Å². The summed E-state index contributed by atoms with van der Waals surface area (Å²) in [7, 11) is 0. The predicted molar refractivity (Wildman–Crippen MR) is 85.5 cm³/mol.